The van der Waals surface area contributed by atoms with Gasteiger partial charge in [0.15, 0.2) is 0 Å². The Labute approximate surface area is 216 Å². The molecule has 6 heteroatoms. The molecule has 0 bridgehead atoms. The Morgan fingerprint density at radius 2 is 1.61 bits per heavy atom. The van der Waals surface area contributed by atoms with E-state index >= 15 is 0 Å². The Bertz CT molecular complexity index is 1230. The van der Waals surface area contributed by atoms with Gasteiger partial charge in [0.25, 0.3) is 0 Å². The number of nitrogens with one attached hydrogen (secondary N) is 1. The van der Waals surface area contributed by atoms with Crippen LogP contribution in [0.4, 0.5) is 5.82 Å². The molecule has 1 atom stereocenters. The average molecular weight is 501 g/mol. The Balaban J connectivity index is 1.31. The van der Waals surface area contributed by atoms with Gasteiger partial charge in [-0.3, -0.25) is 4.79 Å². The number of carboxylic acid groups (broad SMARTS) is 1. The number of aromatic nitrogens is 1. The minimum atomic E-state index is -0.805. The van der Waals surface area contributed by atoms with Gasteiger partial charge in [0.05, 0.1) is 13.0 Å². The number of hydrogen-bond acceptors (Lipinski definition) is 4. The van der Waals surface area contributed by atoms with Gasteiger partial charge < -0.3 is 15.2 Å². The molecule has 4 aromatic rings. The maximum absolute atomic E-state index is 11.6. The van der Waals surface area contributed by atoms with Crippen LogP contribution < -0.4 is 10.1 Å². The topological polar surface area (TPSA) is 71.5 Å². The molecule has 0 saturated carbocycles. The second kappa shape index (κ2) is 12.8. The summed E-state index contributed by atoms with van der Waals surface area (Å²) in [5.74, 6) is 0.739. The molecule has 0 fully saturated rings. The van der Waals surface area contributed by atoms with Crippen LogP contribution in [0.1, 0.15) is 29.9 Å². The molecule has 184 valence electrons. The van der Waals surface area contributed by atoms with Crippen molar-refractivity contribution in [2.75, 3.05) is 18.5 Å². The molecule has 0 spiro atoms. The van der Waals surface area contributed by atoms with Crippen LogP contribution in [0.15, 0.2) is 97.2 Å². The average Bonchev–Trinajstić information content (AvgIpc) is 2.90. The number of carboxylic acids is 1. The molecular weight excluding hydrogens is 472 g/mol. The van der Waals surface area contributed by atoms with Gasteiger partial charge >= 0.3 is 5.97 Å². The van der Waals surface area contributed by atoms with Crippen molar-refractivity contribution in [3.05, 3.63) is 113 Å². The van der Waals surface area contributed by atoms with Crippen LogP contribution in [0.25, 0.3) is 11.1 Å². The van der Waals surface area contributed by atoms with Crippen LogP contribution in [0.2, 0.25) is 5.02 Å². The first kappa shape index (κ1) is 25.3. The van der Waals surface area contributed by atoms with E-state index in [9.17, 15) is 9.90 Å². The maximum atomic E-state index is 11.6. The van der Waals surface area contributed by atoms with Crippen molar-refractivity contribution in [1.82, 2.24) is 4.98 Å². The molecule has 3 aromatic carbocycles. The summed E-state index contributed by atoms with van der Waals surface area (Å²) in [6.45, 7) is 1.38. The van der Waals surface area contributed by atoms with E-state index in [0.717, 1.165) is 46.8 Å². The summed E-state index contributed by atoms with van der Waals surface area (Å²) in [7, 11) is 0. The first-order valence-corrected chi connectivity index (χ1v) is 12.4. The molecule has 0 amide bonds. The van der Waals surface area contributed by atoms with E-state index in [1.807, 2.05) is 91.0 Å². The summed E-state index contributed by atoms with van der Waals surface area (Å²) in [6, 6.07) is 29.5. The van der Waals surface area contributed by atoms with Crippen LogP contribution in [0.5, 0.6) is 5.75 Å². The molecule has 0 saturated heterocycles. The molecule has 1 aromatic heterocycles. The standard InChI is InChI=1S/C30H29ClN2O3/c31-27-13-11-24(12-14-27)23-7-9-25(10-8-23)26(21-30(34)35)20-22-5-15-28(16-6-22)36-19-3-18-33-29-4-1-2-17-32-29/h1-2,4-17,26H,3,18-21H2,(H,32,33)(H,34,35). The first-order chi connectivity index (χ1) is 17.6. The van der Waals surface area contributed by atoms with Gasteiger partial charge in [0.2, 0.25) is 0 Å². The summed E-state index contributed by atoms with van der Waals surface area (Å²) in [5.41, 5.74) is 4.23. The SMILES string of the molecule is O=C(O)CC(Cc1ccc(OCCCNc2ccccn2)cc1)c1ccc(-c2ccc(Cl)cc2)cc1. The lowest BCUT2D eigenvalue weighted by Crippen LogP contribution is -2.10. The highest BCUT2D eigenvalue weighted by atomic mass is 35.5. The minimum absolute atomic E-state index is 0.0712. The Kier molecular flexibility index (Phi) is 8.95. The van der Waals surface area contributed by atoms with E-state index < -0.39 is 5.97 Å². The fourth-order valence-corrected chi connectivity index (χ4v) is 4.19. The monoisotopic (exact) mass is 500 g/mol. The number of carbonyl (C=O) groups is 1. The van der Waals surface area contributed by atoms with Crippen molar-refractivity contribution in [3.8, 4) is 16.9 Å². The number of pyridine rings is 1. The van der Waals surface area contributed by atoms with Crippen LogP contribution in [-0.2, 0) is 11.2 Å². The Hall–Kier alpha value is -3.83. The minimum Gasteiger partial charge on any atom is -0.494 e. The number of benzene rings is 3. The van der Waals surface area contributed by atoms with Gasteiger partial charge in [0.1, 0.15) is 11.6 Å². The Morgan fingerprint density at radius 3 is 2.25 bits per heavy atom. The zero-order valence-electron chi connectivity index (χ0n) is 19.9. The number of ether oxygens (including phenoxy) is 1. The zero-order chi connectivity index (χ0) is 25.2. The molecule has 5 nitrogen and oxygen atoms in total. The van der Waals surface area contributed by atoms with Crippen LogP contribution in [-0.4, -0.2) is 29.2 Å². The van der Waals surface area contributed by atoms with Crippen molar-refractivity contribution in [2.24, 2.45) is 0 Å². The predicted octanol–water partition coefficient (Wildman–Crippen LogP) is 7.08. The fourth-order valence-electron chi connectivity index (χ4n) is 4.06. The van der Waals surface area contributed by atoms with E-state index in [1.165, 1.54) is 0 Å². The summed E-state index contributed by atoms with van der Waals surface area (Å²) in [6.07, 6.45) is 3.32. The van der Waals surface area contributed by atoms with Gasteiger partial charge in [0, 0.05) is 17.8 Å². The summed E-state index contributed by atoms with van der Waals surface area (Å²) in [4.78, 5) is 15.8. The second-order valence-electron chi connectivity index (χ2n) is 8.62. The van der Waals surface area contributed by atoms with Crippen molar-refractivity contribution in [3.63, 3.8) is 0 Å². The molecule has 1 unspecified atom stereocenters. The molecule has 0 aliphatic heterocycles. The fraction of sp³-hybridized carbons (Fsp3) is 0.200. The first-order valence-electron chi connectivity index (χ1n) is 12.0. The van der Waals surface area contributed by atoms with Crippen molar-refractivity contribution in [1.29, 1.82) is 0 Å². The number of hydrogen-bond donors (Lipinski definition) is 2. The van der Waals surface area contributed by atoms with Crippen LogP contribution in [0.3, 0.4) is 0 Å². The lowest BCUT2D eigenvalue weighted by atomic mass is 9.88. The second-order valence-corrected chi connectivity index (χ2v) is 9.05. The molecule has 4 rings (SSSR count). The summed E-state index contributed by atoms with van der Waals surface area (Å²) < 4.78 is 5.85. The lowest BCUT2D eigenvalue weighted by molar-refractivity contribution is -0.137. The highest BCUT2D eigenvalue weighted by Gasteiger charge is 2.17. The molecule has 1 heterocycles. The molecule has 0 radical (unpaired) electrons. The van der Waals surface area contributed by atoms with E-state index in [2.05, 4.69) is 10.3 Å². The lowest BCUT2D eigenvalue weighted by Gasteiger charge is -2.17. The molecular formula is C30H29ClN2O3. The van der Waals surface area contributed by atoms with Gasteiger partial charge in [-0.1, -0.05) is 66.2 Å². The third-order valence-corrected chi connectivity index (χ3v) is 6.20. The van der Waals surface area contributed by atoms with E-state index in [1.54, 1.807) is 6.20 Å². The maximum Gasteiger partial charge on any atom is 0.303 e. The smallest absolute Gasteiger partial charge is 0.303 e. The van der Waals surface area contributed by atoms with Crippen molar-refractivity contribution in [2.45, 2.75) is 25.2 Å². The van der Waals surface area contributed by atoms with Gasteiger partial charge in [-0.05, 0) is 77.4 Å². The highest BCUT2D eigenvalue weighted by molar-refractivity contribution is 6.30. The summed E-state index contributed by atoms with van der Waals surface area (Å²) in [5, 5.41) is 13.5. The van der Waals surface area contributed by atoms with E-state index in [4.69, 9.17) is 16.3 Å². The summed E-state index contributed by atoms with van der Waals surface area (Å²) >= 11 is 5.99. The molecule has 2 N–H and O–H groups in total. The van der Waals surface area contributed by atoms with Gasteiger partial charge in [-0.2, -0.15) is 0 Å². The number of halogens is 1. The van der Waals surface area contributed by atoms with Gasteiger partial charge in [-0.15, -0.1) is 0 Å². The van der Waals surface area contributed by atoms with Gasteiger partial charge in [-0.25, -0.2) is 4.98 Å². The number of aliphatic carboxylic acids is 1. The third-order valence-electron chi connectivity index (χ3n) is 5.95. The van der Waals surface area contributed by atoms with Crippen LogP contribution in [0, 0.1) is 0 Å². The molecule has 0 aliphatic rings. The highest BCUT2D eigenvalue weighted by Crippen LogP contribution is 2.29. The molecule has 0 aliphatic carbocycles. The van der Waals surface area contributed by atoms with Crippen molar-refractivity contribution < 1.29 is 14.6 Å². The number of rotatable bonds is 12. The normalized spacial score (nSPS) is 11.6. The third kappa shape index (κ3) is 7.59. The largest absolute Gasteiger partial charge is 0.494 e. The number of anilines is 1. The van der Waals surface area contributed by atoms with E-state index in [-0.39, 0.29) is 12.3 Å². The zero-order valence-corrected chi connectivity index (χ0v) is 20.7. The molecule has 36 heavy (non-hydrogen) atoms. The Morgan fingerprint density at radius 1 is 0.917 bits per heavy atom. The predicted molar refractivity (Wildman–Crippen MR) is 145 cm³/mol. The number of nitrogens with zero attached hydrogens (tertiary/aromatic N) is 1. The van der Waals surface area contributed by atoms with Crippen molar-refractivity contribution >= 4 is 23.4 Å². The van der Waals surface area contributed by atoms with E-state index in [0.29, 0.717) is 18.1 Å². The quantitative estimate of drug-likeness (QED) is 0.203. The van der Waals surface area contributed by atoms with Crippen LogP contribution >= 0.6 is 11.6 Å².